The Hall–Kier alpha value is -4.10. The molecule has 0 heterocycles. The molecule has 1 amide bonds. The summed E-state index contributed by atoms with van der Waals surface area (Å²) in [5.41, 5.74) is 3.47. The second kappa shape index (κ2) is 14.5. The maximum atomic E-state index is 12.6. The van der Waals surface area contributed by atoms with Crippen LogP contribution in [0.5, 0.6) is 11.5 Å². The summed E-state index contributed by atoms with van der Waals surface area (Å²) >= 11 is 0. The summed E-state index contributed by atoms with van der Waals surface area (Å²) < 4.78 is 11.1. The number of rotatable bonds is 14. The van der Waals surface area contributed by atoms with Gasteiger partial charge in [0.15, 0.2) is 0 Å². The minimum Gasteiger partial charge on any atom is -0.497 e. The molecule has 7 nitrogen and oxygen atoms in total. The molecule has 7 heteroatoms. The molecule has 0 unspecified atom stereocenters. The monoisotopic (exact) mass is 503 g/mol. The van der Waals surface area contributed by atoms with Crippen molar-refractivity contribution in [3.8, 4) is 11.5 Å². The van der Waals surface area contributed by atoms with Gasteiger partial charge in [-0.15, -0.1) is 0 Å². The van der Waals surface area contributed by atoms with Gasteiger partial charge in [0.1, 0.15) is 11.5 Å². The number of allylic oxidation sites excluding steroid dienone is 1. The van der Waals surface area contributed by atoms with Crippen molar-refractivity contribution in [2.45, 2.75) is 38.7 Å². The van der Waals surface area contributed by atoms with Gasteiger partial charge >= 0.3 is 5.97 Å². The fraction of sp³-hybridized carbons (Fsp3) is 0.267. The smallest absolute Gasteiger partial charge is 0.303 e. The number of anilines is 1. The van der Waals surface area contributed by atoms with Crippen LogP contribution in [0.1, 0.15) is 52.7 Å². The maximum absolute atomic E-state index is 12.6. The summed E-state index contributed by atoms with van der Waals surface area (Å²) in [6.07, 6.45) is 7.19. The molecule has 0 spiro atoms. The molecule has 3 N–H and O–H groups in total. The standard InChI is InChI=1S/C30H33NO6/c1-36-27-14-10-22(11-15-27)7-4-2-3-5-18-37-28-16-13-26(20-24(28)12-17-29(33)34)31-30(35)25-9-6-8-23(19-25)21-32/h4,6-11,13-16,19-20,32H,2-3,5,12,17-18,21H2,1H3,(H,31,35)(H,33,34)/b7-4+. The van der Waals surface area contributed by atoms with Gasteiger partial charge in [0.05, 0.1) is 20.3 Å². The Morgan fingerprint density at radius 3 is 2.54 bits per heavy atom. The molecule has 3 aromatic rings. The fourth-order valence-corrected chi connectivity index (χ4v) is 3.73. The van der Waals surface area contributed by atoms with Crippen molar-refractivity contribution >= 4 is 23.6 Å². The van der Waals surface area contributed by atoms with Crippen LogP contribution in [0.2, 0.25) is 0 Å². The van der Waals surface area contributed by atoms with Crippen LogP contribution in [-0.2, 0) is 17.8 Å². The largest absolute Gasteiger partial charge is 0.497 e. The van der Waals surface area contributed by atoms with E-state index in [4.69, 9.17) is 14.6 Å². The number of amides is 1. The Morgan fingerprint density at radius 1 is 1.00 bits per heavy atom. The third kappa shape index (κ3) is 9.13. The van der Waals surface area contributed by atoms with E-state index in [0.717, 1.165) is 36.1 Å². The Kier molecular flexibility index (Phi) is 10.7. The second-order valence-electron chi connectivity index (χ2n) is 8.55. The van der Waals surface area contributed by atoms with Crippen molar-refractivity contribution in [1.29, 1.82) is 0 Å². The van der Waals surface area contributed by atoms with Gasteiger partial charge in [-0.3, -0.25) is 9.59 Å². The molecule has 0 fully saturated rings. The number of carbonyl (C=O) groups is 2. The number of unbranched alkanes of at least 4 members (excludes halogenated alkanes) is 2. The average molecular weight is 504 g/mol. The molecular formula is C30H33NO6. The van der Waals surface area contributed by atoms with E-state index in [-0.39, 0.29) is 18.9 Å². The van der Waals surface area contributed by atoms with Crippen molar-refractivity contribution in [1.82, 2.24) is 0 Å². The molecule has 0 saturated carbocycles. The van der Waals surface area contributed by atoms with E-state index in [1.807, 2.05) is 24.3 Å². The number of carboxylic acid groups (broad SMARTS) is 1. The van der Waals surface area contributed by atoms with E-state index in [2.05, 4.69) is 17.5 Å². The number of aliphatic hydroxyl groups is 1. The molecule has 3 aromatic carbocycles. The summed E-state index contributed by atoms with van der Waals surface area (Å²) in [7, 11) is 1.65. The SMILES string of the molecule is COc1ccc(/C=C/CCCCOc2ccc(NC(=O)c3cccc(CO)c3)cc2CCC(=O)O)cc1. The highest BCUT2D eigenvalue weighted by Gasteiger charge is 2.11. The highest BCUT2D eigenvalue weighted by Crippen LogP contribution is 2.25. The predicted molar refractivity (Wildman–Crippen MR) is 144 cm³/mol. The Labute approximate surface area is 217 Å². The van der Waals surface area contributed by atoms with E-state index in [1.54, 1.807) is 49.6 Å². The van der Waals surface area contributed by atoms with Crippen LogP contribution in [0.3, 0.4) is 0 Å². The van der Waals surface area contributed by atoms with Crippen LogP contribution >= 0.6 is 0 Å². The third-order valence-corrected chi connectivity index (χ3v) is 5.75. The molecule has 194 valence electrons. The zero-order valence-corrected chi connectivity index (χ0v) is 21.0. The number of carbonyl (C=O) groups excluding carboxylic acids is 1. The van der Waals surface area contributed by atoms with Gasteiger partial charge in [-0.1, -0.05) is 36.4 Å². The van der Waals surface area contributed by atoms with Crippen LogP contribution in [0.25, 0.3) is 6.08 Å². The molecule has 0 aliphatic carbocycles. The van der Waals surface area contributed by atoms with Crippen LogP contribution in [0.15, 0.2) is 72.8 Å². The van der Waals surface area contributed by atoms with Crippen LogP contribution in [0, 0.1) is 0 Å². The normalized spacial score (nSPS) is 10.9. The first-order chi connectivity index (χ1) is 18.0. The lowest BCUT2D eigenvalue weighted by molar-refractivity contribution is -0.136. The number of aryl methyl sites for hydroxylation is 1. The first kappa shape index (κ1) is 27.5. The quantitative estimate of drug-likeness (QED) is 0.243. The summed E-state index contributed by atoms with van der Waals surface area (Å²) in [5.74, 6) is 0.247. The minimum atomic E-state index is -0.898. The molecule has 0 radical (unpaired) electrons. The van der Waals surface area contributed by atoms with Crippen molar-refractivity contribution in [3.05, 3.63) is 95.1 Å². The molecule has 3 rings (SSSR count). The Morgan fingerprint density at radius 2 is 1.81 bits per heavy atom. The lowest BCUT2D eigenvalue weighted by atomic mass is 10.1. The van der Waals surface area contributed by atoms with Crippen molar-refractivity contribution in [2.24, 2.45) is 0 Å². The molecule has 0 aromatic heterocycles. The lowest BCUT2D eigenvalue weighted by Gasteiger charge is -2.14. The van der Waals surface area contributed by atoms with Crippen LogP contribution in [0.4, 0.5) is 5.69 Å². The average Bonchev–Trinajstić information content (AvgIpc) is 2.92. The van der Waals surface area contributed by atoms with Crippen molar-refractivity contribution < 1.29 is 29.3 Å². The Bertz CT molecular complexity index is 1200. The highest BCUT2D eigenvalue weighted by atomic mass is 16.5. The van der Waals surface area contributed by atoms with Gasteiger partial charge in [-0.25, -0.2) is 0 Å². The maximum Gasteiger partial charge on any atom is 0.303 e. The number of nitrogens with one attached hydrogen (secondary N) is 1. The molecule has 0 aliphatic heterocycles. The summed E-state index contributed by atoms with van der Waals surface area (Å²) in [6.45, 7) is 0.363. The third-order valence-electron chi connectivity index (χ3n) is 5.75. The summed E-state index contributed by atoms with van der Waals surface area (Å²) in [4.78, 5) is 23.8. The zero-order valence-electron chi connectivity index (χ0n) is 21.0. The first-order valence-electron chi connectivity index (χ1n) is 12.3. The lowest BCUT2D eigenvalue weighted by Crippen LogP contribution is -2.13. The summed E-state index contributed by atoms with van der Waals surface area (Å²) in [5, 5.41) is 21.3. The molecular weight excluding hydrogens is 470 g/mol. The van der Waals surface area contributed by atoms with Crippen molar-refractivity contribution in [2.75, 3.05) is 19.0 Å². The van der Waals surface area contributed by atoms with E-state index in [0.29, 0.717) is 35.6 Å². The van der Waals surface area contributed by atoms with E-state index in [9.17, 15) is 14.7 Å². The highest BCUT2D eigenvalue weighted by molar-refractivity contribution is 6.04. The number of aliphatic hydroxyl groups excluding tert-OH is 1. The minimum absolute atomic E-state index is 0.0392. The number of hydrogen-bond donors (Lipinski definition) is 3. The van der Waals surface area contributed by atoms with Crippen LogP contribution < -0.4 is 14.8 Å². The van der Waals surface area contributed by atoms with Crippen molar-refractivity contribution in [3.63, 3.8) is 0 Å². The number of aliphatic carboxylic acids is 1. The Balaban J connectivity index is 1.53. The van der Waals surface area contributed by atoms with Gasteiger partial charge < -0.3 is 25.0 Å². The van der Waals surface area contributed by atoms with Gasteiger partial charge in [0, 0.05) is 17.7 Å². The van der Waals surface area contributed by atoms with Gasteiger partial charge in [0.25, 0.3) is 5.91 Å². The molecule has 0 bridgehead atoms. The molecule has 37 heavy (non-hydrogen) atoms. The number of hydrogen-bond acceptors (Lipinski definition) is 5. The van der Waals surface area contributed by atoms with Gasteiger partial charge in [-0.2, -0.15) is 0 Å². The number of carboxylic acids is 1. The number of ether oxygens (including phenoxy) is 2. The zero-order chi connectivity index (χ0) is 26.5. The number of benzene rings is 3. The van der Waals surface area contributed by atoms with Gasteiger partial charge in [0.2, 0.25) is 0 Å². The van der Waals surface area contributed by atoms with Gasteiger partial charge in [-0.05, 0) is 84.8 Å². The van der Waals surface area contributed by atoms with E-state index < -0.39 is 5.97 Å². The fourth-order valence-electron chi connectivity index (χ4n) is 3.73. The molecule has 0 aliphatic rings. The summed E-state index contributed by atoms with van der Waals surface area (Å²) in [6, 6.07) is 19.9. The molecule has 0 saturated heterocycles. The van der Waals surface area contributed by atoms with E-state index >= 15 is 0 Å². The topological polar surface area (TPSA) is 105 Å². The predicted octanol–water partition coefficient (Wildman–Crippen LogP) is 5.72. The molecule has 0 atom stereocenters. The second-order valence-corrected chi connectivity index (χ2v) is 8.55. The van der Waals surface area contributed by atoms with E-state index in [1.165, 1.54) is 0 Å². The first-order valence-corrected chi connectivity index (χ1v) is 12.3. The number of methoxy groups -OCH3 is 1. The van der Waals surface area contributed by atoms with Crippen LogP contribution in [-0.4, -0.2) is 35.8 Å².